The molecule has 1 unspecified atom stereocenters. The standard InChI is InChI=1S/C13H19NO3/c1-4-5-14-9(3)13(17)10-6-8(2)12(16)11(15)7-10/h6-7,9,14-16H,4-5H2,1-3H3. The van der Waals surface area contributed by atoms with Gasteiger partial charge in [-0.05, 0) is 44.5 Å². The lowest BCUT2D eigenvalue weighted by Crippen LogP contribution is -2.34. The van der Waals surface area contributed by atoms with E-state index in [2.05, 4.69) is 5.32 Å². The molecule has 0 aromatic heterocycles. The number of carbonyl (C=O) groups is 1. The molecule has 0 fully saturated rings. The highest BCUT2D eigenvalue weighted by molar-refractivity contribution is 6.00. The van der Waals surface area contributed by atoms with Gasteiger partial charge in [0.2, 0.25) is 0 Å². The molecule has 3 N–H and O–H groups in total. The van der Waals surface area contributed by atoms with Crippen molar-refractivity contribution in [3.63, 3.8) is 0 Å². The lowest BCUT2D eigenvalue weighted by atomic mass is 10.0. The molecule has 0 heterocycles. The summed E-state index contributed by atoms with van der Waals surface area (Å²) in [6.07, 6.45) is 0.956. The molecule has 17 heavy (non-hydrogen) atoms. The highest BCUT2D eigenvalue weighted by Gasteiger charge is 2.17. The molecule has 94 valence electrons. The Labute approximate surface area is 101 Å². The van der Waals surface area contributed by atoms with Gasteiger partial charge in [0.15, 0.2) is 17.3 Å². The van der Waals surface area contributed by atoms with Crippen molar-refractivity contribution in [2.75, 3.05) is 6.54 Å². The van der Waals surface area contributed by atoms with E-state index in [1.807, 2.05) is 6.92 Å². The largest absolute Gasteiger partial charge is 0.504 e. The highest BCUT2D eigenvalue weighted by Crippen LogP contribution is 2.30. The van der Waals surface area contributed by atoms with Crippen molar-refractivity contribution in [2.24, 2.45) is 0 Å². The number of phenols is 2. The fourth-order valence-corrected chi connectivity index (χ4v) is 1.61. The zero-order valence-electron chi connectivity index (χ0n) is 10.4. The molecule has 1 rings (SSSR count). The van der Waals surface area contributed by atoms with Crippen LogP contribution in [0.1, 0.15) is 36.2 Å². The Hall–Kier alpha value is -1.55. The molecule has 4 nitrogen and oxygen atoms in total. The second-order valence-electron chi connectivity index (χ2n) is 4.20. The minimum atomic E-state index is -0.293. The Kier molecular flexibility index (Phi) is 4.52. The third-order valence-corrected chi connectivity index (χ3v) is 2.66. The topological polar surface area (TPSA) is 69.6 Å². The van der Waals surface area contributed by atoms with Crippen LogP contribution in [0.4, 0.5) is 0 Å². The Bertz CT molecular complexity index is 392. The summed E-state index contributed by atoms with van der Waals surface area (Å²) in [6.45, 7) is 6.24. The molecule has 0 radical (unpaired) electrons. The molecule has 0 aliphatic carbocycles. The van der Waals surface area contributed by atoms with Gasteiger partial charge in [-0.25, -0.2) is 0 Å². The van der Waals surface area contributed by atoms with Crippen LogP contribution >= 0.6 is 0 Å². The molecule has 0 bridgehead atoms. The predicted octanol–water partition coefficient (Wildman–Crippen LogP) is 1.98. The first-order chi connectivity index (χ1) is 7.97. The second kappa shape index (κ2) is 5.68. The second-order valence-corrected chi connectivity index (χ2v) is 4.20. The Morgan fingerprint density at radius 3 is 2.59 bits per heavy atom. The molecule has 0 saturated carbocycles. The summed E-state index contributed by atoms with van der Waals surface area (Å²) < 4.78 is 0. The number of ketones is 1. The van der Waals surface area contributed by atoms with Crippen molar-refractivity contribution < 1.29 is 15.0 Å². The minimum Gasteiger partial charge on any atom is -0.504 e. The number of phenolic OH excluding ortho intramolecular Hbond substituents is 2. The maximum absolute atomic E-state index is 12.0. The lowest BCUT2D eigenvalue weighted by Gasteiger charge is -2.13. The summed E-state index contributed by atoms with van der Waals surface area (Å²) in [4.78, 5) is 12.0. The normalized spacial score (nSPS) is 12.4. The van der Waals surface area contributed by atoms with Crippen LogP contribution in [0.15, 0.2) is 12.1 Å². The van der Waals surface area contributed by atoms with Gasteiger partial charge in [-0.2, -0.15) is 0 Å². The molecule has 0 aliphatic heterocycles. The SMILES string of the molecule is CCCNC(C)C(=O)c1cc(C)c(O)c(O)c1. The lowest BCUT2D eigenvalue weighted by molar-refractivity contribution is 0.0951. The number of aryl methyl sites for hydroxylation is 1. The van der Waals surface area contributed by atoms with E-state index < -0.39 is 0 Å². The number of rotatable bonds is 5. The molecular formula is C13H19NO3. The van der Waals surface area contributed by atoms with Crippen molar-refractivity contribution in [1.29, 1.82) is 0 Å². The molecule has 1 aromatic rings. The molecular weight excluding hydrogens is 218 g/mol. The number of nitrogens with one attached hydrogen (secondary N) is 1. The molecule has 1 aromatic carbocycles. The number of Topliss-reactive ketones (excluding diaryl/α,β-unsaturated/α-hetero) is 1. The zero-order chi connectivity index (χ0) is 13.0. The fraction of sp³-hybridized carbons (Fsp3) is 0.462. The van der Waals surface area contributed by atoms with Crippen molar-refractivity contribution in [2.45, 2.75) is 33.2 Å². The maximum atomic E-state index is 12.0. The quantitative estimate of drug-likeness (QED) is 0.541. The Balaban J connectivity index is 2.89. The van der Waals surface area contributed by atoms with E-state index in [-0.39, 0.29) is 23.3 Å². The number of carbonyl (C=O) groups excluding carboxylic acids is 1. The van der Waals surface area contributed by atoms with Crippen LogP contribution in [0.25, 0.3) is 0 Å². The van der Waals surface area contributed by atoms with Crippen LogP contribution in [0, 0.1) is 6.92 Å². The number of hydrogen-bond acceptors (Lipinski definition) is 4. The van der Waals surface area contributed by atoms with Gasteiger partial charge >= 0.3 is 0 Å². The van der Waals surface area contributed by atoms with Gasteiger partial charge in [0, 0.05) is 5.56 Å². The van der Waals surface area contributed by atoms with Gasteiger partial charge in [0.1, 0.15) is 0 Å². The summed E-state index contributed by atoms with van der Waals surface area (Å²) in [5.74, 6) is -0.511. The van der Waals surface area contributed by atoms with Gasteiger partial charge in [-0.3, -0.25) is 4.79 Å². The molecule has 0 amide bonds. The molecule has 0 saturated heterocycles. The summed E-state index contributed by atoms with van der Waals surface area (Å²) >= 11 is 0. The summed E-state index contributed by atoms with van der Waals surface area (Å²) in [7, 11) is 0. The fourth-order valence-electron chi connectivity index (χ4n) is 1.61. The van der Waals surface area contributed by atoms with E-state index in [0.717, 1.165) is 13.0 Å². The van der Waals surface area contributed by atoms with Gasteiger partial charge < -0.3 is 15.5 Å². The Morgan fingerprint density at radius 1 is 1.41 bits per heavy atom. The number of aromatic hydroxyl groups is 2. The average Bonchev–Trinajstić information content (AvgIpc) is 2.31. The van der Waals surface area contributed by atoms with Crippen LogP contribution in [-0.4, -0.2) is 28.6 Å². The first-order valence-corrected chi connectivity index (χ1v) is 5.77. The van der Waals surface area contributed by atoms with E-state index in [0.29, 0.717) is 11.1 Å². The summed E-state index contributed by atoms with van der Waals surface area (Å²) in [5.41, 5.74) is 0.907. The van der Waals surface area contributed by atoms with Crippen molar-refractivity contribution >= 4 is 5.78 Å². The van der Waals surface area contributed by atoms with Crippen molar-refractivity contribution in [3.8, 4) is 11.5 Å². The third kappa shape index (κ3) is 3.20. The van der Waals surface area contributed by atoms with Crippen LogP contribution < -0.4 is 5.32 Å². The van der Waals surface area contributed by atoms with Crippen LogP contribution in [0.5, 0.6) is 11.5 Å². The van der Waals surface area contributed by atoms with E-state index in [1.54, 1.807) is 19.9 Å². The van der Waals surface area contributed by atoms with Crippen molar-refractivity contribution in [1.82, 2.24) is 5.32 Å². The predicted molar refractivity (Wildman–Crippen MR) is 66.6 cm³/mol. The van der Waals surface area contributed by atoms with Crippen molar-refractivity contribution in [3.05, 3.63) is 23.3 Å². The van der Waals surface area contributed by atoms with Crippen LogP contribution in [-0.2, 0) is 0 Å². The number of hydrogen-bond donors (Lipinski definition) is 3. The molecule has 0 spiro atoms. The molecule has 0 aliphatic rings. The number of benzene rings is 1. The maximum Gasteiger partial charge on any atom is 0.179 e. The van der Waals surface area contributed by atoms with E-state index >= 15 is 0 Å². The first-order valence-electron chi connectivity index (χ1n) is 5.77. The minimum absolute atomic E-state index is 0.0862. The van der Waals surface area contributed by atoms with Gasteiger partial charge in [0.25, 0.3) is 0 Å². The monoisotopic (exact) mass is 237 g/mol. The van der Waals surface area contributed by atoms with Crippen LogP contribution in [0.3, 0.4) is 0 Å². The van der Waals surface area contributed by atoms with E-state index in [9.17, 15) is 15.0 Å². The van der Waals surface area contributed by atoms with E-state index in [4.69, 9.17) is 0 Å². The average molecular weight is 237 g/mol. The van der Waals surface area contributed by atoms with E-state index in [1.165, 1.54) is 6.07 Å². The first kappa shape index (κ1) is 13.5. The summed E-state index contributed by atoms with van der Waals surface area (Å²) in [6, 6.07) is 2.59. The molecule has 1 atom stereocenters. The Morgan fingerprint density at radius 2 is 2.06 bits per heavy atom. The molecule has 4 heteroatoms. The zero-order valence-corrected chi connectivity index (χ0v) is 10.4. The van der Waals surface area contributed by atoms with Gasteiger partial charge in [0.05, 0.1) is 6.04 Å². The van der Waals surface area contributed by atoms with Gasteiger partial charge in [-0.15, -0.1) is 0 Å². The van der Waals surface area contributed by atoms with Gasteiger partial charge in [-0.1, -0.05) is 6.92 Å². The smallest absolute Gasteiger partial charge is 0.179 e. The highest BCUT2D eigenvalue weighted by atomic mass is 16.3. The third-order valence-electron chi connectivity index (χ3n) is 2.66. The van der Waals surface area contributed by atoms with Crippen LogP contribution in [0.2, 0.25) is 0 Å². The summed E-state index contributed by atoms with van der Waals surface area (Å²) in [5, 5.41) is 22.0.